The quantitative estimate of drug-likeness (QED) is 0.128. The van der Waals surface area contributed by atoms with E-state index in [9.17, 15) is 13.0 Å². The Bertz CT molecular complexity index is 719. The zero-order valence-electron chi connectivity index (χ0n) is 22.4. The normalized spacial score (nSPS) is 11.8. The molecule has 0 fully saturated rings. The Morgan fingerprint density at radius 2 is 0.941 bits per heavy atom. The van der Waals surface area contributed by atoms with Crippen molar-refractivity contribution in [2.24, 2.45) is 0 Å². The van der Waals surface area contributed by atoms with Gasteiger partial charge in [0.1, 0.15) is 5.75 Å². The summed E-state index contributed by atoms with van der Waals surface area (Å²) >= 11 is 0. The molecule has 0 aromatic heterocycles. The van der Waals surface area contributed by atoms with E-state index >= 15 is 0 Å². The molecule has 0 saturated heterocycles. The first-order chi connectivity index (χ1) is 16.4. The summed E-state index contributed by atoms with van der Waals surface area (Å²) in [7, 11) is -4.18. The summed E-state index contributed by atoms with van der Waals surface area (Å²) in [5.41, 5.74) is 1.48. The molecule has 1 rings (SSSR count). The summed E-state index contributed by atoms with van der Waals surface area (Å²) in [5.74, 6) is 0.731. The van der Waals surface area contributed by atoms with Gasteiger partial charge < -0.3 is 4.74 Å². The second-order valence-electron chi connectivity index (χ2n) is 10.1. The summed E-state index contributed by atoms with van der Waals surface area (Å²) in [6.07, 6.45) is 25.9. The fourth-order valence-corrected chi connectivity index (χ4v) is 5.29. The highest BCUT2D eigenvalue weighted by Crippen LogP contribution is 2.27. The van der Waals surface area contributed by atoms with E-state index in [1.807, 2.05) is 13.8 Å². The molecule has 0 heterocycles. The molecular weight excluding hydrogens is 444 g/mol. The van der Waals surface area contributed by atoms with Crippen molar-refractivity contribution in [2.75, 3.05) is 6.61 Å². The number of rotatable bonds is 22. The van der Waals surface area contributed by atoms with Crippen molar-refractivity contribution in [3.05, 3.63) is 23.3 Å². The largest absolute Gasteiger partial charge is 0.493 e. The molecule has 0 aliphatic carbocycles. The maximum Gasteiger partial charge on any atom is 0.294 e. The topological polar surface area (TPSA) is 63.6 Å². The summed E-state index contributed by atoms with van der Waals surface area (Å²) in [5, 5.41) is 0. The Labute approximate surface area is 211 Å². The third kappa shape index (κ3) is 15.0. The average Bonchev–Trinajstić information content (AvgIpc) is 2.78. The number of aryl methyl sites for hydroxylation is 2. The van der Waals surface area contributed by atoms with Crippen LogP contribution in [0, 0.1) is 13.8 Å². The molecule has 0 saturated carbocycles. The van der Waals surface area contributed by atoms with Crippen LogP contribution in [0.15, 0.2) is 17.0 Å². The van der Waals surface area contributed by atoms with E-state index < -0.39 is 10.1 Å². The number of hydrogen-bond donors (Lipinski definition) is 1. The molecule has 198 valence electrons. The highest BCUT2D eigenvalue weighted by atomic mass is 32.2. The molecule has 0 spiro atoms. The van der Waals surface area contributed by atoms with E-state index in [1.165, 1.54) is 128 Å². The third-order valence-electron chi connectivity index (χ3n) is 6.73. The Morgan fingerprint density at radius 1 is 0.618 bits per heavy atom. The van der Waals surface area contributed by atoms with Gasteiger partial charge in [0.05, 0.1) is 11.5 Å². The van der Waals surface area contributed by atoms with E-state index in [4.69, 9.17) is 4.74 Å². The fourth-order valence-electron chi connectivity index (χ4n) is 4.64. The molecule has 0 bridgehead atoms. The second kappa shape index (κ2) is 19.2. The zero-order valence-corrected chi connectivity index (χ0v) is 23.2. The summed E-state index contributed by atoms with van der Waals surface area (Å²) < 4.78 is 37.7. The molecule has 0 radical (unpaired) electrons. The molecule has 0 aliphatic rings. The first-order valence-corrected chi connectivity index (χ1v) is 15.5. The van der Waals surface area contributed by atoms with Crippen molar-refractivity contribution >= 4 is 10.1 Å². The Hall–Kier alpha value is -1.07. The van der Waals surface area contributed by atoms with Crippen molar-refractivity contribution in [3.8, 4) is 5.75 Å². The maximum atomic E-state index is 11.3. The van der Waals surface area contributed by atoms with Gasteiger partial charge in [0.15, 0.2) is 0 Å². The lowest BCUT2D eigenvalue weighted by Crippen LogP contribution is -2.04. The number of hydrogen-bond acceptors (Lipinski definition) is 3. The van der Waals surface area contributed by atoms with Crippen LogP contribution >= 0.6 is 0 Å². The van der Waals surface area contributed by atoms with Crippen molar-refractivity contribution in [3.63, 3.8) is 0 Å². The molecule has 0 amide bonds. The van der Waals surface area contributed by atoms with Crippen LogP contribution in [0.4, 0.5) is 0 Å². The minimum Gasteiger partial charge on any atom is -0.493 e. The van der Waals surface area contributed by atoms with Crippen molar-refractivity contribution < 1.29 is 17.7 Å². The van der Waals surface area contributed by atoms with Gasteiger partial charge in [-0.3, -0.25) is 4.55 Å². The molecule has 1 aromatic carbocycles. The zero-order chi connectivity index (χ0) is 25.1. The van der Waals surface area contributed by atoms with Crippen molar-refractivity contribution in [2.45, 2.75) is 148 Å². The van der Waals surface area contributed by atoms with Crippen molar-refractivity contribution in [1.29, 1.82) is 0 Å². The molecule has 0 unspecified atom stereocenters. The van der Waals surface area contributed by atoms with Gasteiger partial charge in [-0.25, -0.2) is 0 Å². The first-order valence-electron chi connectivity index (χ1n) is 14.1. The van der Waals surface area contributed by atoms with Gasteiger partial charge in [-0.2, -0.15) is 8.42 Å². The molecule has 34 heavy (non-hydrogen) atoms. The van der Waals surface area contributed by atoms with Crippen LogP contribution < -0.4 is 4.74 Å². The smallest absolute Gasteiger partial charge is 0.294 e. The highest BCUT2D eigenvalue weighted by Gasteiger charge is 2.14. The summed E-state index contributed by atoms with van der Waals surface area (Å²) in [6.45, 7) is 6.55. The van der Waals surface area contributed by atoms with Gasteiger partial charge in [-0.1, -0.05) is 122 Å². The van der Waals surface area contributed by atoms with Crippen LogP contribution in [-0.2, 0) is 10.1 Å². The Kier molecular flexibility index (Phi) is 17.4. The SMILES string of the molecule is CCCCCCCCCCCCCCCCCCCCCOc1c(C)cc(S(=O)(=O)O)cc1C. The lowest BCUT2D eigenvalue weighted by Gasteiger charge is -2.13. The molecular formula is C29H52O4S. The van der Waals surface area contributed by atoms with Crippen LogP contribution in [0.3, 0.4) is 0 Å². The molecule has 5 heteroatoms. The van der Waals surface area contributed by atoms with Gasteiger partial charge in [0.25, 0.3) is 10.1 Å². The van der Waals surface area contributed by atoms with Crippen LogP contribution in [0.2, 0.25) is 0 Å². The predicted molar refractivity (Wildman–Crippen MR) is 145 cm³/mol. The number of benzene rings is 1. The lowest BCUT2D eigenvalue weighted by molar-refractivity contribution is 0.300. The second-order valence-corrected chi connectivity index (χ2v) is 11.5. The minimum absolute atomic E-state index is 0.0710. The molecule has 0 aliphatic heterocycles. The lowest BCUT2D eigenvalue weighted by atomic mass is 10.0. The molecule has 4 nitrogen and oxygen atoms in total. The van der Waals surface area contributed by atoms with Gasteiger partial charge in [0.2, 0.25) is 0 Å². The van der Waals surface area contributed by atoms with Crippen LogP contribution in [0.25, 0.3) is 0 Å². The molecule has 0 atom stereocenters. The van der Waals surface area contributed by atoms with Crippen LogP contribution in [-0.4, -0.2) is 19.6 Å². The van der Waals surface area contributed by atoms with E-state index in [2.05, 4.69) is 6.92 Å². The van der Waals surface area contributed by atoms with Gasteiger partial charge in [0, 0.05) is 0 Å². The molecule has 1 aromatic rings. The van der Waals surface area contributed by atoms with Crippen LogP contribution in [0.1, 0.15) is 140 Å². The first kappa shape index (κ1) is 31.0. The monoisotopic (exact) mass is 496 g/mol. The highest BCUT2D eigenvalue weighted by molar-refractivity contribution is 7.85. The average molecular weight is 497 g/mol. The van der Waals surface area contributed by atoms with E-state index in [-0.39, 0.29) is 4.90 Å². The Morgan fingerprint density at radius 3 is 1.26 bits per heavy atom. The number of ether oxygens (including phenoxy) is 1. The van der Waals surface area contributed by atoms with E-state index in [1.54, 1.807) is 0 Å². The third-order valence-corrected chi connectivity index (χ3v) is 7.56. The fraction of sp³-hybridized carbons (Fsp3) is 0.793. The van der Waals surface area contributed by atoms with Crippen LogP contribution in [0.5, 0.6) is 5.75 Å². The maximum absolute atomic E-state index is 11.3. The minimum atomic E-state index is -4.18. The van der Waals surface area contributed by atoms with Gasteiger partial charge in [-0.15, -0.1) is 0 Å². The van der Waals surface area contributed by atoms with E-state index in [0.29, 0.717) is 6.61 Å². The van der Waals surface area contributed by atoms with Crippen molar-refractivity contribution in [1.82, 2.24) is 0 Å². The molecule has 1 N–H and O–H groups in total. The van der Waals surface area contributed by atoms with Gasteiger partial charge >= 0.3 is 0 Å². The van der Waals surface area contributed by atoms with Gasteiger partial charge in [-0.05, 0) is 43.5 Å². The predicted octanol–water partition coefficient (Wildman–Crippen LogP) is 9.36. The Balaban J connectivity index is 1.90. The number of unbranched alkanes of at least 4 members (excludes halogenated alkanes) is 18. The summed E-state index contributed by atoms with van der Waals surface area (Å²) in [6, 6.07) is 2.93. The summed E-state index contributed by atoms with van der Waals surface area (Å²) in [4.78, 5) is -0.0710. The van der Waals surface area contributed by atoms with E-state index in [0.717, 1.165) is 23.3 Å². The standard InChI is InChI=1S/C29H52O4S/c1-4-5-6-7-8-9-10-11-12-13-14-15-16-17-18-19-20-21-22-23-33-29-26(2)24-28(25-27(29)3)34(30,31)32/h24-25H,4-23H2,1-3H3,(H,30,31,32).